The second-order valence-corrected chi connectivity index (χ2v) is 4.99. The van der Waals surface area contributed by atoms with E-state index >= 15 is 0 Å². The molecule has 1 amide bonds. The van der Waals surface area contributed by atoms with E-state index in [0.29, 0.717) is 17.9 Å². The lowest BCUT2D eigenvalue weighted by molar-refractivity contribution is 0.202. The maximum absolute atomic E-state index is 11.5. The molecule has 1 unspecified atom stereocenters. The van der Waals surface area contributed by atoms with Crippen LogP contribution < -0.4 is 10.1 Å². The van der Waals surface area contributed by atoms with Crippen LogP contribution in [-0.2, 0) is 4.74 Å². The topological polar surface area (TPSA) is 72.8 Å². The molecule has 124 valence electrons. The molecule has 0 saturated carbocycles. The van der Waals surface area contributed by atoms with E-state index < -0.39 is 6.09 Å². The number of hydrogen-bond acceptors (Lipinski definition) is 5. The van der Waals surface area contributed by atoms with Crippen LogP contribution in [-0.4, -0.2) is 30.4 Å². The van der Waals surface area contributed by atoms with E-state index in [0.717, 1.165) is 16.7 Å². The van der Waals surface area contributed by atoms with Crippen LogP contribution in [0.15, 0.2) is 60.5 Å². The highest BCUT2D eigenvalue weighted by molar-refractivity contribution is 7.16. The van der Waals surface area contributed by atoms with Crippen LogP contribution >= 0.6 is 9.24 Å². The monoisotopic (exact) mass is 343 g/mol. The fourth-order valence-corrected chi connectivity index (χ4v) is 2.18. The van der Waals surface area contributed by atoms with Gasteiger partial charge < -0.3 is 14.8 Å². The lowest BCUT2D eigenvalue weighted by Gasteiger charge is -2.09. The number of benzene rings is 1. The Bertz CT molecular complexity index is 762. The summed E-state index contributed by atoms with van der Waals surface area (Å²) < 4.78 is 10.4. The first-order chi connectivity index (χ1) is 11.7. The van der Waals surface area contributed by atoms with Gasteiger partial charge in [-0.15, -0.1) is 9.24 Å². The van der Waals surface area contributed by atoms with Crippen molar-refractivity contribution in [3.63, 3.8) is 0 Å². The van der Waals surface area contributed by atoms with Crippen LogP contribution in [0.1, 0.15) is 5.56 Å². The van der Waals surface area contributed by atoms with Crippen molar-refractivity contribution < 1.29 is 14.3 Å². The largest absolute Gasteiger partial charge is 0.481 e. The Labute approximate surface area is 142 Å². The van der Waals surface area contributed by atoms with E-state index in [1.54, 1.807) is 30.6 Å². The molecular weight excluding hydrogens is 325 g/mol. The predicted octanol–water partition coefficient (Wildman–Crippen LogP) is 3.21. The minimum absolute atomic E-state index is 0.423. The van der Waals surface area contributed by atoms with Crippen molar-refractivity contribution in [1.29, 1.82) is 0 Å². The minimum Gasteiger partial charge on any atom is -0.481 e. The first kappa shape index (κ1) is 17.6. The number of amides is 1. The first-order valence-electron chi connectivity index (χ1n) is 7.12. The number of nitrogens with one attached hydrogen (secondary N) is 1. The maximum Gasteiger partial charge on any atom is 0.412 e. The molecule has 0 radical (unpaired) electrons. The first-order valence-corrected chi connectivity index (χ1v) is 7.94. The second-order valence-electron chi connectivity index (χ2n) is 4.58. The third-order valence-corrected chi connectivity index (χ3v) is 3.22. The summed E-state index contributed by atoms with van der Waals surface area (Å²) >= 11 is 0. The van der Waals surface area contributed by atoms with Crippen LogP contribution in [0.4, 0.5) is 4.79 Å². The van der Waals surface area contributed by atoms with Gasteiger partial charge in [-0.25, -0.2) is 9.79 Å². The summed E-state index contributed by atoms with van der Waals surface area (Å²) in [7, 11) is 3.93. The SMILES string of the molecule is C=CN=C(OC)c1cncc(-c2cccc(OC(=O)NCP)c2)c1. The number of hydrogen-bond donors (Lipinski definition) is 1. The highest BCUT2D eigenvalue weighted by atomic mass is 31.0. The average Bonchev–Trinajstić information content (AvgIpc) is 2.60. The quantitative estimate of drug-likeness (QED) is 0.514. The third kappa shape index (κ3) is 4.64. The summed E-state index contributed by atoms with van der Waals surface area (Å²) in [6, 6.07) is 9.07. The molecule has 0 spiro atoms. The van der Waals surface area contributed by atoms with E-state index in [-0.39, 0.29) is 0 Å². The molecule has 0 saturated heterocycles. The van der Waals surface area contributed by atoms with Gasteiger partial charge in [0.2, 0.25) is 5.90 Å². The van der Waals surface area contributed by atoms with Gasteiger partial charge >= 0.3 is 6.09 Å². The molecule has 1 aromatic heterocycles. The van der Waals surface area contributed by atoms with Crippen LogP contribution in [0.25, 0.3) is 11.1 Å². The van der Waals surface area contributed by atoms with E-state index in [1.165, 1.54) is 13.3 Å². The van der Waals surface area contributed by atoms with Gasteiger partial charge in [0.1, 0.15) is 5.75 Å². The molecule has 0 fully saturated rings. The zero-order chi connectivity index (χ0) is 17.4. The number of aliphatic imine (C=N–C) groups is 1. The molecule has 0 aliphatic rings. The van der Waals surface area contributed by atoms with Crippen LogP contribution in [0.5, 0.6) is 5.75 Å². The molecule has 1 heterocycles. The van der Waals surface area contributed by atoms with Crippen molar-refractivity contribution in [2.24, 2.45) is 4.99 Å². The summed E-state index contributed by atoms with van der Waals surface area (Å²) in [4.78, 5) is 19.8. The van der Waals surface area contributed by atoms with Crippen molar-refractivity contribution in [3.8, 4) is 16.9 Å². The summed E-state index contributed by atoms with van der Waals surface area (Å²) in [5, 5.41) is 2.55. The van der Waals surface area contributed by atoms with Gasteiger partial charge in [-0.2, -0.15) is 0 Å². The van der Waals surface area contributed by atoms with Crippen molar-refractivity contribution in [2.45, 2.75) is 0 Å². The van der Waals surface area contributed by atoms with Crippen molar-refractivity contribution >= 4 is 21.2 Å². The molecule has 24 heavy (non-hydrogen) atoms. The average molecular weight is 343 g/mol. The zero-order valence-corrected chi connectivity index (χ0v) is 14.4. The van der Waals surface area contributed by atoms with Crippen molar-refractivity contribution in [3.05, 3.63) is 61.1 Å². The standard InChI is InChI=1S/C17H18N3O3P/c1-3-19-16(22-2)14-7-13(9-18-10-14)12-5-4-6-15(8-12)23-17(21)20-11-24/h3-10H,1,11,24H2,2H3,(H,20,21). The lowest BCUT2D eigenvalue weighted by atomic mass is 10.1. The number of rotatable bonds is 5. The number of nitrogens with zero attached hydrogens (tertiary/aromatic N) is 2. The summed E-state index contributed by atoms with van der Waals surface area (Å²) in [5.41, 5.74) is 2.43. The Morgan fingerprint density at radius 2 is 2.21 bits per heavy atom. The Balaban J connectivity index is 2.30. The van der Waals surface area contributed by atoms with Gasteiger partial charge in [0.15, 0.2) is 0 Å². The Morgan fingerprint density at radius 3 is 2.92 bits per heavy atom. The van der Waals surface area contributed by atoms with Gasteiger partial charge in [-0.3, -0.25) is 4.98 Å². The molecule has 7 heteroatoms. The smallest absolute Gasteiger partial charge is 0.412 e. The molecule has 0 bridgehead atoms. The molecule has 0 aliphatic heterocycles. The molecular formula is C17H18N3O3P. The van der Waals surface area contributed by atoms with Crippen molar-refractivity contribution in [2.75, 3.05) is 13.4 Å². The number of carbonyl (C=O) groups excluding carboxylic acids is 1. The highest BCUT2D eigenvalue weighted by Gasteiger charge is 2.08. The molecule has 2 aromatic rings. The summed E-state index contributed by atoms with van der Waals surface area (Å²) in [6.07, 6.45) is 4.69. The minimum atomic E-state index is -0.506. The number of ether oxygens (including phenoxy) is 2. The van der Waals surface area contributed by atoms with Crippen LogP contribution in [0, 0.1) is 0 Å². The molecule has 0 aliphatic carbocycles. The van der Waals surface area contributed by atoms with Gasteiger partial charge in [-0.05, 0) is 23.8 Å². The Hall–Kier alpha value is -2.72. The number of aromatic nitrogens is 1. The predicted molar refractivity (Wildman–Crippen MR) is 97.2 cm³/mol. The lowest BCUT2D eigenvalue weighted by Crippen LogP contribution is -2.25. The third-order valence-electron chi connectivity index (χ3n) is 3.01. The van der Waals surface area contributed by atoms with Gasteiger partial charge in [0.25, 0.3) is 0 Å². The molecule has 1 aromatic carbocycles. The van der Waals surface area contributed by atoms with Gasteiger partial charge in [-0.1, -0.05) is 18.7 Å². The van der Waals surface area contributed by atoms with Gasteiger partial charge in [0, 0.05) is 30.4 Å². The van der Waals surface area contributed by atoms with Crippen LogP contribution in [0.3, 0.4) is 0 Å². The number of carbonyl (C=O) groups is 1. The normalized spacial score (nSPS) is 10.8. The van der Waals surface area contributed by atoms with E-state index in [9.17, 15) is 4.79 Å². The van der Waals surface area contributed by atoms with E-state index in [1.807, 2.05) is 12.1 Å². The van der Waals surface area contributed by atoms with Crippen LogP contribution in [0.2, 0.25) is 0 Å². The number of methoxy groups -OCH3 is 1. The van der Waals surface area contributed by atoms with E-state index in [2.05, 4.69) is 31.1 Å². The molecule has 2 rings (SSSR count). The molecule has 6 nitrogen and oxygen atoms in total. The second kappa shape index (κ2) is 8.79. The summed E-state index contributed by atoms with van der Waals surface area (Å²) in [5.74, 6) is 0.868. The Kier molecular flexibility index (Phi) is 6.46. The maximum atomic E-state index is 11.5. The fourth-order valence-electron chi connectivity index (χ4n) is 2.01. The van der Waals surface area contributed by atoms with Gasteiger partial charge in [0.05, 0.1) is 12.7 Å². The molecule has 1 atom stereocenters. The fraction of sp³-hybridized carbons (Fsp3) is 0.118. The summed E-state index contributed by atoms with van der Waals surface area (Å²) in [6.45, 7) is 3.56. The zero-order valence-electron chi connectivity index (χ0n) is 13.2. The Morgan fingerprint density at radius 1 is 1.38 bits per heavy atom. The highest BCUT2D eigenvalue weighted by Crippen LogP contribution is 2.24. The van der Waals surface area contributed by atoms with E-state index in [4.69, 9.17) is 9.47 Å². The van der Waals surface area contributed by atoms with Crippen molar-refractivity contribution in [1.82, 2.24) is 10.3 Å². The number of pyridine rings is 1. The molecule has 1 N–H and O–H groups in total.